The van der Waals surface area contributed by atoms with Crippen LogP contribution < -0.4 is 19.5 Å². The van der Waals surface area contributed by atoms with Crippen molar-refractivity contribution in [3.8, 4) is 17.2 Å². The topological polar surface area (TPSA) is 82.9 Å². The van der Waals surface area contributed by atoms with Crippen molar-refractivity contribution in [1.29, 1.82) is 0 Å². The lowest BCUT2D eigenvalue weighted by Crippen LogP contribution is -2.01. The van der Waals surface area contributed by atoms with Gasteiger partial charge < -0.3 is 19.5 Å². The van der Waals surface area contributed by atoms with Gasteiger partial charge in [0.15, 0.2) is 11.5 Å². The molecule has 1 N–H and O–H groups in total. The van der Waals surface area contributed by atoms with Crippen LogP contribution in [0.2, 0.25) is 0 Å². The zero-order valence-corrected chi connectivity index (χ0v) is 14.7. The molecule has 0 radical (unpaired) electrons. The third kappa shape index (κ3) is 4.36. The van der Waals surface area contributed by atoms with E-state index < -0.39 is 4.92 Å². The summed E-state index contributed by atoms with van der Waals surface area (Å²) in [5.41, 5.74) is 1.04. The maximum Gasteiger partial charge on any atom is 0.292 e. The Morgan fingerprint density at radius 1 is 1.12 bits per heavy atom. The van der Waals surface area contributed by atoms with Gasteiger partial charge >= 0.3 is 0 Å². The molecule has 0 bridgehead atoms. The van der Waals surface area contributed by atoms with E-state index in [1.165, 1.54) is 18.9 Å². The fraction of sp³-hybridized carbons (Fsp3) is 0.368. The van der Waals surface area contributed by atoms with Crippen molar-refractivity contribution in [2.45, 2.75) is 32.6 Å². The molecule has 2 aromatic carbocycles. The van der Waals surface area contributed by atoms with E-state index in [2.05, 4.69) is 12.2 Å². The van der Waals surface area contributed by atoms with Gasteiger partial charge in [-0.15, -0.1) is 0 Å². The molecule has 2 aromatic rings. The quantitative estimate of drug-likeness (QED) is 0.385. The van der Waals surface area contributed by atoms with Crippen LogP contribution >= 0.6 is 0 Å². The number of hydrogen-bond donors (Lipinski definition) is 1. The first-order valence-electron chi connectivity index (χ1n) is 8.75. The number of fused-ring (bicyclic) bond motifs is 1. The molecule has 0 saturated heterocycles. The first-order chi connectivity index (χ1) is 12.7. The second-order valence-electron chi connectivity index (χ2n) is 6.04. The summed E-state index contributed by atoms with van der Waals surface area (Å²) in [6.45, 7) is 2.94. The molecular weight excluding hydrogens is 336 g/mol. The molecule has 26 heavy (non-hydrogen) atoms. The lowest BCUT2D eigenvalue weighted by Gasteiger charge is -2.11. The molecule has 1 heterocycles. The highest BCUT2D eigenvalue weighted by molar-refractivity contribution is 5.72. The minimum Gasteiger partial charge on any atom is -0.494 e. The summed E-state index contributed by atoms with van der Waals surface area (Å²) in [7, 11) is 0. The fourth-order valence-corrected chi connectivity index (χ4v) is 2.71. The average molecular weight is 358 g/mol. The Hall–Kier alpha value is -2.96. The van der Waals surface area contributed by atoms with E-state index in [1.807, 2.05) is 0 Å². The van der Waals surface area contributed by atoms with Gasteiger partial charge in [0.2, 0.25) is 6.79 Å². The van der Waals surface area contributed by atoms with Gasteiger partial charge in [-0.2, -0.15) is 0 Å². The van der Waals surface area contributed by atoms with Crippen LogP contribution in [-0.4, -0.2) is 18.3 Å². The number of nitrogens with one attached hydrogen (secondary N) is 1. The summed E-state index contributed by atoms with van der Waals surface area (Å²) in [5, 5.41) is 14.4. The van der Waals surface area contributed by atoms with Crippen molar-refractivity contribution >= 4 is 17.1 Å². The van der Waals surface area contributed by atoms with Crippen molar-refractivity contribution < 1.29 is 19.1 Å². The number of nitro benzene ring substituents is 1. The molecular formula is C19H22N2O5. The van der Waals surface area contributed by atoms with Crippen molar-refractivity contribution in [3.63, 3.8) is 0 Å². The summed E-state index contributed by atoms with van der Waals surface area (Å²) in [4.78, 5) is 10.9. The van der Waals surface area contributed by atoms with Crippen molar-refractivity contribution in [2.75, 3.05) is 18.7 Å². The highest BCUT2D eigenvalue weighted by Gasteiger charge is 2.17. The largest absolute Gasteiger partial charge is 0.494 e. The van der Waals surface area contributed by atoms with E-state index in [4.69, 9.17) is 14.2 Å². The molecule has 0 unspecified atom stereocenters. The fourth-order valence-electron chi connectivity index (χ4n) is 2.71. The third-order valence-corrected chi connectivity index (χ3v) is 4.08. The normalized spacial score (nSPS) is 12.0. The number of nitrogens with zero attached hydrogens (tertiary/aromatic N) is 1. The molecule has 7 heteroatoms. The Labute approximate surface area is 152 Å². The van der Waals surface area contributed by atoms with E-state index >= 15 is 0 Å². The lowest BCUT2D eigenvalue weighted by atomic mass is 10.2. The zero-order chi connectivity index (χ0) is 18.4. The molecule has 7 nitrogen and oxygen atoms in total. The van der Waals surface area contributed by atoms with Crippen LogP contribution in [-0.2, 0) is 0 Å². The van der Waals surface area contributed by atoms with Crippen LogP contribution in [0.3, 0.4) is 0 Å². The monoisotopic (exact) mass is 358 g/mol. The Bertz CT molecular complexity index is 779. The first kappa shape index (κ1) is 17.8. The Morgan fingerprint density at radius 3 is 2.77 bits per heavy atom. The minimum atomic E-state index is -0.416. The first-order valence-corrected chi connectivity index (χ1v) is 8.75. The number of nitro groups is 1. The van der Waals surface area contributed by atoms with Gasteiger partial charge in [0.05, 0.1) is 11.5 Å². The SMILES string of the molecule is CCCCCCOc1ccc([N+](=O)[O-])c(Nc2ccc3c(c2)OCO3)c1. The predicted molar refractivity (Wildman–Crippen MR) is 98.6 cm³/mol. The van der Waals surface area contributed by atoms with Crippen LogP contribution in [0.15, 0.2) is 36.4 Å². The molecule has 1 aliphatic heterocycles. The van der Waals surface area contributed by atoms with Crippen LogP contribution in [0.25, 0.3) is 0 Å². The number of benzene rings is 2. The van der Waals surface area contributed by atoms with Gasteiger partial charge in [0, 0.05) is 23.9 Å². The smallest absolute Gasteiger partial charge is 0.292 e. The van der Waals surface area contributed by atoms with Crippen molar-refractivity contribution in [1.82, 2.24) is 0 Å². The third-order valence-electron chi connectivity index (χ3n) is 4.08. The van der Waals surface area contributed by atoms with Gasteiger partial charge in [-0.1, -0.05) is 26.2 Å². The molecule has 0 saturated carbocycles. The molecule has 0 spiro atoms. The predicted octanol–water partition coefficient (Wildman–Crippen LogP) is 5.03. The maximum absolute atomic E-state index is 11.3. The summed E-state index contributed by atoms with van der Waals surface area (Å²) < 4.78 is 16.4. The van der Waals surface area contributed by atoms with E-state index in [1.54, 1.807) is 30.3 Å². The van der Waals surface area contributed by atoms with Crippen molar-refractivity contribution in [2.24, 2.45) is 0 Å². The molecule has 0 aromatic heterocycles. The Morgan fingerprint density at radius 2 is 1.96 bits per heavy atom. The standard InChI is InChI=1S/C19H22N2O5/c1-2-3-4-5-10-24-15-7-8-17(21(22)23)16(12-15)20-14-6-9-18-19(11-14)26-13-25-18/h6-9,11-12,20H,2-5,10,13H2,1H3. The Balaban J connectivity index is 1.73. The van der Waals surface area contributed by atoms with Gasteiger partial charge in [0.25, 0.3) is 5.69 Å². The van der Waals surface area contributed by atoms with Crippen LogP contribution in [0.5, 0.6) is 17.2 Å². The van der Waals surface area contributed by atoms with Crippen LogP contribution in [0, 0.1) is 10.1 Å². The molecule has 138 valence electrons. The molecule has 0 fully saturated rings. The van der Waals surface area contributed by atoms with E-state index in [-0.39, 0.29) is 12.5 Å². The maximum atomic E-state index is 11.3. The van der Waals surface area contributed by atoms with Crippen LogP contribution in [0.4, 0.5) is 17.1 Å². The van der Waals surface area contributed by atoms with Crippen LogP contribution in [0.1, 0.15) is 32.6 Å². The van der Waals surface area contributed by atoms with Gasteiger partial charge in [-0.25, -0.2) is 0 Å². The molecule has 0 aliphatic carbocycles. The van der Waals surface area contributed by atoms with Gasteiger partial charge in [0.1, 0.15) is 11.4 Å². The highest BCUT2D eigenvalue weighted by atomic mass is 16.7. The number of anilines is 2. The Kier molecular flexibility index (Phi) is 5.78. The number of ether oxygens (including phenoxy) is 3. The van der Waals surface area contributed by atoms with E-state index in [0.717, 1.165) is 12.8 Å². The van der Waals surface area contributed by atoms with Gasteiger partial charge in [-0.3, -0.25) is 10.1 Å². The number of unbranched alkanes of at least 4 members (excludes halogenated alkanes) is 3. The summed E-state index contributed by atoms with van der Waals surface area (Å²) in [5.74, 6) is 1.88. The summed E-state index contributed by atoms with van der Waals surface area (Å²) >= 11 is 0. The summed E-state index contributed by atoms with van der Waals surface area (Å²) in [6, 6.07) is 10.0. The molecule has 0 amide bonds. The average Bonchev–Trinajstić information content (AvgIpc) is 3.09. The second kappa shape index (κ2) is 8.42. The lowest BCUT2D eigenvalue weighted by molar-refractivity contribution is -0.383. The van der Waals surface area contributed by atoms with Gasteiger partial charge in [-0.05, 0) is 24.6 Å². The number of rotatable bonds is 9. The van der Waals surface area contributed by atoms with E-state index in [9.17, 15) is 10.1 Å². The molecule has 3 rings (SSSR count). The van der Waals surface area contributed by atoms with E-state index in [0.29, 0.717) is 35.2 Å². The zero-order valence-electron chi connectivity index (χ0n) is 14.7. The van der Waals surface area contributed by atoms with Crippen molar-refractivity contribution in [3.05, 3.63) is 46.5 Å². The number of hydrogen-bond acceptors (Lipinski definition) is 6. The minimum absolute atomic E-state index is 0.0130. The molecule has 1 aliphatic rings. The summed E-state index contributed by atoms with van der Waals surface area (Å²) in [6.07, 6.45) is 4.43. The molecule has 0 atom stereocenters. The highest BCUT2D eigenvalue weighted by Crippen LogP contribution is 2.37. The second-order valence-corrected chi connectivity index (χ2v) is 6.04.